The fourth-order valence-electron chi connectivity index (χ4n) is 4.21. The van der Waals surface area contributed by atoms with E-state index < -0.39 is 0 Å². The number of thiazole rings is 1. The van der Waals surface area contributed by atoms with Crippen LogP contribution >= 0.6 is 11.3 Å². The molecule has 1 aliphatic carbocycles. The molecule has 4 heterocycles. The lowest BCUT2D eigenvalue weighted by Gasteiger charge is -2.24. The Morgan fingerprint density at radius 2 is 2.16 bits per heavy atom. The molecule has 1 atom stereocenters. The fourth-order valence-corrected chi connectivity index (χ4v) is 4.74. The van der Waals surface area contributed by atoms with Crippen LogP contribution in [0.4, 0.5) is 22.8 Å². The zero-order chi connectivity index (χ0) is 21.4. The number of nitrogens with zero attached hydrogens (tertiary/aromatic N) is 5. The van der Waals surface area contributed by atoms with Crippen LogP contribution in [-0.4, -0.2) is 43.4 Å². The van der Waals surface area contributed by atoms with E-state index in [4.69, 9.17) is 9.97 Å². The number of hydrogen-bond acceptors (Lipinski definition) is 8. The van der Waals surface area contributed by atoms with Crippen molar-refractivity contribution in [3.8, 4) is 0 Å². The van der Waals surface area contributed by atoms with Gasteiger partial charge in [-0.1, -0.05) is 13.8 Å². The Morgan fingerprint density at radius 1 is 1.26 bits per heavy atom. The van der Waals surface area contributed by atoms with E-state index in [-0.39, 0.29) is 11.9 Å². The molecule has 0 aromatic carbocycles. The van der Waals surface area contributed by atoms with E-state index in [9.17, 15) is 4.79 Å². The lowest BCUT2D eigenvalue weighted by Crippen LogP contribution is -2.40. The van der Waals surface area contributed by atoms with Crippen LogP contribution in [0.15, 0.2) is 17.8 Å². The van der Waals surface area contributed by atoms with Gasteiger partial charge in [-0.3, -0.25) is 4.79 Å². The minimum absolute atomic E-state index is 0.0568. The summed E-state index contributed by atoms with van der Waals surface area (Å²) < 4.78 is 0. The Hall–Kier alpha value is -3.01. The van der Waals surface area contributed by atoms with Crippen LogP contribution in [-0.2, 0) is 17.6 Å². The van der Waals surface area contributed by atoms with Gasteiger partial charge in [0.05, 0.1) is 11.9 Å². The molecule has 31 heavy (non-hydrogen) atoms. The van der Waals surface area contributed by atoms with Gasteiger partial charge < -0.3 is 20.5 Å². The van der Waals surface area contributed by atoms with Crippen molar-refractivity contribution in [2.75, 3.05) is 22.1 Å². The van der Waals surface area contributed by atoms with Gasteiger partial charge >= 0.3 is 0 Å². The normalized spacial score (nSPS) is 17.9. The SMILES string of the molecule is CC(C)c1cnc(Nc2nc(N3CCC[C@H]3C(=O)Nc3nccs3)nc3c2CCC3)[nH]1. The smallest absolute Gasteiger partial charge is 0.248 e. The first-order valence-electron chi connectivity index (χ1n) is 10.8. The number of hydrogen-bond donors (Lipinski definition) is 3. The lowest BCUT2D eigenvalue weighted by atomic mass is 10.2. The van der Waals surface area contributed by atoms with Crippen LogP contribution in [0, 0.1) is 0 Å². The number of rotatable bonds is 6. The molecule has 1 aliphatic heterocycles. The van der Waals surface area contributed by atoms with E-state index in [0.29, 0.717) is 22.9 Å². The summed E-state index contributed by atoms with van der Waals surface area (Å²) in [5.74, 6) is 2.39. The molecule has 0 spiro atoms. The van der Waals surface area contributed by atoms with Crippen molar-refractivity contribution in [1.82, 2.24) is 24.9 Å². The van der Waals surface area contributed by atoms with Gasteiger partial charge in [0.25, 0.3) is 0 Å². The summed E-state index contributed by atoms with van der Waals surface area (Å²) >= 11 is 1.42. The van der Waals surface area contributed by atoms with E-state index in [1.807, 2.05) is 16.5 Å². The van der Waals surface area contributed by atoms with E-state index >= 15 is 0 Å². The highest BCUT2D eigenvalue weighted by Gasteiger charge is 2.34. The number of carbonyl (C=O) groups excluding carboxylic acids is 1. The Labute approximate surface area is 184 Å². The lowest BCUT2D eigenvalue weighted by molar-refractivity contribution is -0.117. The highest BCUT2D eigenvalue weighted by atomic mass is 32.1. The van der Waals surface area contributed by atoms with Gasteiger partial charge in [0.15, 0.2) is 5.13 Å². The zero-order valence-electron chi connectivity index (χ0n) is 17.7. The second-order valence-electron chi connectivity index (χ2n) is 8.30. The van der Waals surface area contributed by atoms with Gasteiger partial charge in [-0.05, 0) is 38.0 Å². The number of aryl methyl sites for hydroxylation is 1. The largest absolute Gasteiger partial charge is 0.329 e. The maximum atomic E-state index is 12.9. The Bertz CT molecular complexity index is 1080. The number of carbonyl (C=O) groups is 1. The van der Waals surface area contributed by atoms with Crippen molar-refractivity contribution in [2.45, 2.75) is 57.9 Å². The van der Waals surface area contributed by atoms with E-state index in [1.165, 1.54) is 11.3 Å². The molecule has 3 N–H and O–H groups in total. The van der Waals surface area contributed by atoms with Gasteiger partial charge in [0.1, 0.15) is 11.9 Å². The van der Waals surface area contributed by atoms with Crippen molar-refractivity contribution < 1.29 is 4.79 Å². The van der Waals surface area contributed by atoms with Gasteiger partial charge in [0, 0.05) is 29.4 Å². The van der Waals surface area contributed by atoms with Gasteiger partial charge in [-0.25, -0.2) is 15.0 Å². The number of aromatic nitrogens is 5. The molecule has 0 radical (unpaired) electrons. The number of H-pyrrole nitrogens is 1. The molecule has 3 aromatic rings. The van der Waals surface area contributed by atoms with Crippen LogP contribution in [0.1, 0.15) is 56.0 Å². The summed E-state index contributed by atoms with van der Waals surface area (Å²) in [7, 11) is 0. The van der Waals surface area contributed by atoms with E-state index in [2.05, 4.69) is 39.4 Å². The molecule has 3 aromatic heterocycles. The molecule has 1 saturated heterocycles. The maximum Gasteiger partial charge on any atom is 0.248 e. The average Bonchev–Trinajstić information content (AvgIpc) is 3.53. The minimum atomic E-state index is -0.299. The number of imidazole rings is 1. The van der Waals surface area contributed by atoms with Gasteiger partial charge in [-0.15, -0.1) is 11.3 Å². The molecule has 1 amide bonds. The zero-order valence-corrected chi connectivity index (χ0v) is 18.5. The van der Waals surface area contributed by atoms with Gasteiger partial charge in [-0.2, -0.15) is 4.98 Å². The third kappa shape index (κ3) is 3.99. The molecule has 10 heteroatoms. The second kappa shape index (κ2) is 8.26. The third-order valence-electron chi connectivity index (χ3n) is 5.85. The van der Waals surface area contributed by atoms with E-state index in [1.54, 1.807) is 6.20 Å². The quantitative estimate of drug-likeness (QED) is 0.539. The number of amides is 1. The number of anilines is 4. The number of aromatic amines is 1. The molecule has 0 unspecified atom stereocenters. The van der Waals surface area contributed by atoms with Crippen LogP contribution < -0.4 is 15.5 Å². The first-order chi connectivity index (χ1) is 15.1. The van der Waals surface area contributed by atoms with E-state index in [0.717, 1.165) is 61.4 Å². The highest BCUT2D eigenvalue weighted by molar-refractivity contribution is 7.13. The second-order valence-corrected chi connectivity index (χ2v) is 9.19. The summed E-state index contributed by atoms with van der Waals surface area (Å²) in [6.45, 7) is 5.01. The number of nitrogens with one attached hydrogen (secondary N) is 3. The summed E-state index contributed by atoms with van der Waals surface area (Å²) in [5, 5.41) is 8.76. The first kappa shape index (κ1) is 19.9. The van der Waals surface area contributed by atoms with Crippen LogP contribution in [0.3, 0.4) is 0 Å². The number of fused-ring (bicyclic) bond motifs is 1. The van der Waals surface area contributed by atoms with Crippen LogP contribution in [0.25, 0.3) is 0 Å². The molecule has 162 valence electrons. The molecule has 0 bridgehead atoms. The summed E-state index contributed by atoms with van der Waals surface area (Å²) in [6.07, 6.45) is 8.18. The Kier molecular flexibility index (Phi) is 5.31. The molecule has 9 nitrogen and oxygen atoms in total. The van der Waals surface area contributed by atoms with Crippen molar-refractivity contribution >= 4 is 40.1 Å². The van der Waals surface area contributed by atoms with Crippen LogP contribution in [0.2, 0.25) is 0 Å². The fraction of sp³-hybridized carbons (Fsp3) is 0.476. The topological polar surface area (TPSA) is 112 Å². The average molecular weight is 439 g/mol. The summed E-state index contributed by atoms with van der Waals surface area (Å²) in [4.78, 5) is 36.6. The minimum Gasteiger partial charge on any atom is -0.329 e. The molecule has 0 saturated carbocycles. The molecule has 2 aliphatic rings. The third-order valence-corrected chi connectivity index (χ3v) is 6.54. The van der Waals surface area contributed by atoms with Crippen molar-refractivity contribution in [1.29, 1.82) is 0 Å². The van der Waals surface area contributed by atoms with Gasteiger partial charge in [0.2, 0.25) is 17.8 Å². The van der Waals surface area contributed by atoms with Crippen molar-refractivity contribution in [2.24, 2.45) is 0 Å². The predicted molar refractivity (Wildman–Crippen MR) is 121 cm³/mol. The van der Waals surface area contributed by atoms with Crippen molar-refractivity contribution in [3.05, 3.63) is 34.7 Å². The summed E-state index contributed by atoms with van der Waals surface area (Å²) in [6, 6.07) is -0.299. The molecular formula is C21H26N8OS. The molecular weight excluding hydrogens is 412 g/mol. The van der Waals surface area contributed by atoms with Crippen molar-refractivity contribution in [3.63, 3.8) is 0 Å². The Balaban J connectivity index is 1.42. The first-order valence-corrected chi connectivity index (χ1v) is 11.6. The molecule has 1 fully saturated rings. The monoisotopic (exact) mass is 438 g/mol. The Morgan fingerprint density at radius 3 is 2.94 bits per heavy atom. The predicted octanol–water partition coefficient (Wildman–Crippen LogP) is 3.62. The highest BCUT2D eigenvalue weighted by Crippen LogP contribution is 2.32. The van der Waals surface area contributed by atoms with Crippen LogP contribution in [0.5, 0.6) is 0 Å². The summed E-state index contributed by atoms with van der Waals surface area (Å²) in [5.41, 5.74) is 3.29. The standard InChI is InChI=1S/C21H26N8OS/c1-12(2)15-11-23-19(24-15)26-17-13-5-3-6-14(13)25-20(27-17)29-9-4-7-16(29)18(30)28-21-22-8-10-31-21/h8,10-12,16H,3-7,9H2,1-2H3,(H,22,28,30)(H2,23,24,25,26,27)/t16-/m0/s1. The maximum absolute atomic E-state index is 12.9. The molecule has 5 rings (SSSR count).